The molecule has 0 saturated carbocycles. The van der Waals surface area contributed by atoms with Gasteiger partial charge in [-0.05, 0) is 23.3 Å². The fourth-order valence-electron chi connectivity index (χ4n) is 2.82. The highest BCUT2D eigenvalue weighted by Gasteiger charge is 2.35. The van der Waals surface area contributed by atoms with Gasteiger partial charge in [0, 0.05) is 42.9 Å². The van der Waals surface area contributed by atoms with E-state index in [-0.39, 0.29) is 17.4 Å². The van der Waals surface area contributed by atoms with Gasteiger partial charge in [-0.2, -0.15) is 16.3 Å². The van der Waals surface area contributed by atoms with E-state index in [1.54, 1.807) is 11.3 Å². The molecule has 6 nitrogen and oxygen atoms in total. The van der Waals surface area contributed by atoms with Crippen LogP contribution in [0.25, 0.3) is 11.4 Å². The monoisotopic (exact) mass is 334 g/mol. The van der Waals surface area contributed by atoms with Crippen LogP contribution in [0.1, 0.15) is 32.6 Å². The molecule has 23 heavy (non-hydrogen) atoms. The van der Waals surface area contributed by atoms with E-state index < -0.39 is 0 Å². The lowest BCUT2D eigenvalue weighted by Crippen LogP contribution is -2.54. The van der Waals surface area contributed by atoms with Crippen molar-refractivity contribution in [2.45, 2.75) is 39.2 Å². The van der Waals surface area contributed by atoms with Crippen LogP contribution in [0.15, 0.2) is 21.3 Å². The standard InChI is InChI=1S/C16H22N4O2S/c1-16(2)10-20(7-5-12(16)17)14(21)4-3-13-18-15(19-22-13)11-6-8-23-9-11/h6,8-9,12H,3-5,7,10,17H2,1-2H3. The van der Waals surface area contributed by atoms with Crippen molar-refractivity contribution in [3.63, 3.8) is 0 Å². The van der Waals surface area contributed by atoms with Gasteiger partial charge in [0.15, 0.2) is 0 Å². The van der Waals surface area contributed by atoms with Gasteiger partial charge in [0.25, 0.3) is 0 Å². The fourth-order valence-corrected chi connectivity index (χ4v) is 3.46. The van der Waals surface area contributed by atoms with Crippen LogP contribution in [-0.4, -0.2) is 40.1 Å². The van der Waals surface area contributed by atoms with Crippen LogP contribution in [0.3, 0.4) is 0 Å². The number of hydrogen-bond acceptors (Lipinski definition) is 6. The zero-order valence-corrected chi connectivity index (χ0v) is 14.3. The lowest BCUT2D eigenvalue weighted by molar-refractivity contribution is -0.134. The van der Waals surface area contributed by atoms with Crippen LogP contribution < -0.4 is 5.73 Å². The SMILES string of the molecule is CC1(C)CN(C(=O)CCc2nc(-c3ccsc3)no2)CCC1N. The van der Waals surface area contributed by atoms with Crippen molar-refractivity contribution in [2.24, 2.45) is 11.1 Å². The van der Waals surface area contributed by atoms with E-state index in [9.17, 15) is 4.79 Å². The van der Waals surface area contributed by atoms with Crippen LogP contribution in [0.5, 0.6) is 0 Å². The molecule has 1 aliphatic heterocycles. The molecule has 0 spiro atoms. The van der Waals surface area contributed by atoms with Crippen LogP contribution in [0, 0.1) is 5.41 Å². The molecule has 0 aliphatic carbocycles. The summed E-state index contributed by atoms with van der Waals surface area (Å²) in [7, 11) is 0. The maximum absolute atomic E-state index is 12.4. The summed E-state index contributed by atoms with van der Waals surface area (Å²) in [5, 5.41) is 7.90. The number of aryl methyl sites for hydroxylation is 1. The molecule has 0 bridgehead atoms. The molecule has 3 heterocycles. The number of carbonyl (C=O) groups is 1. The molecule has 2 aromatic heterocycles. The third-order valence-electron chi connectivity index (χ3n) is 4.47. The quantitative estimate of drug-likeness (QED) is 0.927. The highest BCUT2D eigenvalue weighted by atomic mass is 32.1. The van der Waals surface area contributed by atoms with Crippen molar-refractivity contribution in [3.05, 3.63) is 22.7 Å². The molecule has 0 radical (unpaired) electrons. The number of rotatable bonds is 4. The Balaban J connectivity index is 1.55. The molecule has 124 valence electrons. The zero-order chi connectivity index (χ0) is 16.4. The minimum Gasteiger partial charge on any atom is -0.342 e. The summed E-state index contributed by atoms with van der Waals surface area (Å²) in [5.41, 5.74) is 7.03. The van der Waals surface area contributed by atoms with Gasteiger partial charge in [-0.25, -0.2) is 0 Å². The number of amides is 1. The molecule has 2 aromatic rings. The molecule has 1 unspecified atom stereocenters. The number of likely N-dealkylation sites (tertiary alicyclic amines) is 1. The van der Waals surface area contributed by atoms with Gasteiger partial charge in [-0.15, -0.1) is 0 Å². The maximum Gasteiger partial charge on any atom is 0.227 e. The second-order valence-electron chi connectivity index (χ2n) is 6.72. The molecule has 1 aliphatic rings. The first-order chi connectivity index (χ1) is 11.0. The molecular formula is C16H22N4O2S. The Morgan fingerprint density at radius 1 is 1.57 bits per heavy atom. The minimum absolute atomic E-state index is 0.0372. The smallest absolute Gasteiger partial charge is 0.227 e. The number of thiophene rings is 1. The van der Waals surface area contributed by atoms with Crippen LogP contribution in [0.2, 0.25) is 0 Å². The highest BCUT2D eigenvalue weighted by Crippen LogP contribution is 2.28. The Hall–Kier alpha value is -1.73. The summed E-state index contributed by atoms with van der Waals surface area (Å²) >= 11 is 1.59. The third kappa shape index (κ3) is 3.61. The van der Waals surface area contributed by atoms with E-state index in [0.717, 1.165) is 18.5 Å². The Bertz CT molecular complexity index is 665. The molecule has 2 N–H and O–H groups in total. The number of nitrogens with zero attached hydrogens (tertiary/aromatic N) is 3. The molecule has 7 heteroatoms. The lowest BCUT2D eigenvalue weighted by atomic mass is 9.79. The Kier molecular flexibility index (Phi) is 4.50. The van der Waals surface area contributed by atoms with E-state index in [4.69, 9.17) is 10.3 Å². The van der Waals surface area contributed by atoms with Crippen molar-refractivity contribution in [1.82, 2.24) is 15.0 Å². The van der Waals surface area contributed by atoms with Gasteiger partial charge in [0.2, 0.25) is 17.6 Å². The van der Waals surface area contributed by atoms with Crippen LogP contribution >= 0.6 is 11.3 Å². The topological polar surface area (TPSA) is 85.2 Å². The van der Waals surface area contributed by atoms with Crippen LogP contribution in [0.4, 0.5) is 0 Å². The van der Waals surface area contributed by atoms with Crippen molar-refractivity contribution in [1.29, 1.82) is 0 Å². The summed E-state index contributed by atoms with van der Waals surface area (Å²) < 4.78 is 5.24. The maximum atomic E-state index is 12.4. The van der Waals surface area contributed by atoms with Crippen molar-refractivity contribution in [3.8, 4) is 11.4 Å². The molecule has 1 saturated heterocycles. The number of nitrogens with two attached hydrogens (primary N) is 1. The summed E-state index contributed by atoms with van der Waals surface area (Å²) in [6.45, 7) is 5.66. The molecule has 3 rings (SSSR count). The predicted octanol–water partition coefficient (Wildman–Crippen LogP) is 2.32. The highest BCUT2D eigenvalue weighted by molar-refractivity contribution is 7.08. The number of hydrogen-bond donors (Lipinski definition) is 1. The van der Waals surface area contributed by atoms with Gasteiger partial charge in [-0.1, -0.05) is 19.0 Å². The Morgan fingerprint density at radius 2 is 2.39 bits per heavy atom. The summed E-state index contributed by atoms with van der Waals surface area (Å²) in [5.74, 6) is 1.21. The fraction of sp³-hybridized carbons (Fsp3) is 0.562. The zero-order valence-electron chi connectivity index (χ0n) is 13.5. The molecule has 1 amide bonds. The Morgan fingerprint density at radius 3 is 3.09 bits per heavy atom. The van der Waals surface area contributed by atoms with Crippen molar-refractivity contribution < 1.29 is 9.32 Å². The number of carbonyl (C=O) groups excluding carboxylic acids is 1. The number of piperidine rings is 1. The predicted molar refractivity (Wildman–Crippen MR) is 88.9 cm³/mol. The molecule has 1 atom stereocenters. The average Bonchev–Trinajstić information content (AvgIpc) is 3.17. The summed E-state index contributed by atoms with van der Waals surface area (Å²) in [6, 6.07) is 2.10. The second-order valence-corrected chi connectivity index (χ2v) is 7.50. The largest absolute Gasteiger partial charge is 0.342 e. The molecular weight excluding hydrogens is 312 g/mol. The summed E-state index contributed by atoms with van der Waals surface area (Å²) in [6.07, 6.45) is 1.71. The van der Waals surface area contributed by atoms with Gasteiger partial charge in [0.05, 0.1) is 0 Å². The van der Waals surface area contributed by atoms with Gasteiger partial charge in [0.1, 0.15) is 0 Å². The first kappa shape index (κ1) is 16.1. The normalized spacial score (nSPS) is 20.7. The molecule has 0 aromatic carbocycles. The van der Waals surface area contributed by atoms with Gasteiger partial charge in [-0.3, -0.25) is 4.79 Å². The van der Waals surface area contributed by atoms with Gasteiger partial charge < -0.3 is 15.2 Å². The van der Waals surface area contributed by atoms with E-state index >= 15 is 0 Å². The van der Waals surface area contributed by atoms with Crippen molar-refractivity contribution >= 4 is 17.2 Å². The second kappa shape index (κ2) is 6.41. The van der Waals surface area contributed by atoms with E-state index in [2.05, 4.69) is 24.0 Å². The van der Waals surface area contributed by atoms with Gasteiger partial charge >= 0.3 is 0 Å². The average molecular weight is 334 g/mol. The van der Waals surface area contributed by atoms with E-state index in [1.165, 1.54) is 0 Å². The lowest BCUT2D eigenvalue weighted by Gasteiger charge is -2.42. The van der Waals surface area contributed by atoms with E-state index in [0.29, 0.717) is 31.1 Å². The van der Waals surface area contributed by atoms with Crippen molar-refractivity contribution in [2.75, 3.05) is 13.1 Å². The molecule has 1 fully saturated rings. The Labute approximate surface area is 139 Å². The number of aromatic nitrogens is 2. The van der Waals surface area contributed by atoms with E-state index in [1.807, 2.05) is 21.7 Å². The summed E-state index contributed by atoms with van der Waals surface area (Å²) in [4.78, 5) is 18.6. The third-order valence-corrected chi connectivity index (χ3v) is 5.15. The first-order valence-corrected chi connectivity index (χ1v) is 8.78. The first-order valence-electron chi connectivity index (χ1n) is 7.84. The van der Waals surface area contributed by atoms with Crippen LogP contribution in [-0.2, 0) is 11.2 Å². The minimum atomic E-state index is -0.0372.